The van der Waals surface area contributed by atoms with Crippen molar-refractivity contribution in [3.8, 4) is 0 Å². The van der Waals surface area contributed by atoms with E-state index >= 15 is 0 Å². The Morgan fingerprint density at radius 2 is 2.33 bits per heavy atom. The summed E-state index contributed by atoms with van der Waals surface area (Å²) in [4.78, 5) is 6.19. The Morgan fingerprint density at radius 3 is 2.87 bits per heavy atom. The lowest BCUT2D eigenvalue weighted by Crippen LogP contribution is -2.36. The largest absolute Gasteiger partial charge is 0.396 e. The molecule has 0 saturated heterocycles. The van der Waals surface area contributed by atoms with Crippen molar-refractivity contribution in [2.24, 2.45) is 0 Å². The Balaban J connectivity index is 2.87. The van der Waals surface area contributed by atoms with Crippen molar-refractivity contribution in [3.05, 3.63) is 18.5 Å². The number of rotatable bonds is 5. The highest BCUT2D eigenvalue weighted by Crippen LogP contribution is 2.23. The normalized spacial score (nSPS) is 12.5. The second-order valence-corrected chi connectivity index (χ2v) is 3.52. The number of nitrogens with zero attached hydrogens (tertiary/aromatic N) is 2. The van der Waals surface area contributed by atoms with Crippen LogP contribution in [0.15, 0.2) is 18.5 Å². The molecule has 0 spiro atoms. The average Bonchev–Trinajstić information content (AvgIpc) is 2.22. The third kappa shape index (κ3) is 2.83. The van der Waals surface area contributed by atoms with Gasteiger partial charge in [0.2, 0.25) is 0 Å². The van der Waals surface area contributed by atoms with E-state index in [1.165, 1.54) is 0 Å². The van der Waals surface area contributed by atoms with Gasteiger partial charge in [-0.15, -0.1) is 0 Å². The minimum absolute atomic E-state index is 0.310. The number of pyridine rings is 1. The molecule has 1 unspecified atom stereocenters. The van der Waals surface area contributed by atoms with E-state index < -0.39 is 0 Å². The lowest BCUT2D eigenvalue weighted by molar-refractivity contribution is 0.182. The van der Waals surface area contributed by atoms with Gasteiger partial charge in [0.1, 0.15) is 0 Å². The molecule has 2 N–H and O–H groups in total. The van der Waals surface area contributed by atoms with Crippen LogP contribution in [0.4, 0.5) is 11.4 Å². The van der Waals surface area contributed by atoms with Gasteiger partial charge < -0.3 is 15.4 Å². The van der Waals surface area contributed by atoms with Crippen molar-refractivity contribution in [2.75, 3.05) is 30.9 Å². The summed E-state index contributed by atoms with van der Waals surface area (Å²) in [5.74, 6) is 0. The number of aromatic nitrogens is 1. The first-order chi connectivity index (χ1) is 7.20. The molecular weight excluding hydrogens is 190 g/mol. The van der Waals surface area contributed by atoms with E-state index in [0.717, 1.165) is 12.2 Å². The monoisotopic (exact) mass is 209 g/mol. The van der Waals surface area contributed by atoms with Crippen LogP contribution >= 0.6 is 0 Å². The maximum atomic E-state index is 5.89. The van der Waals surface area contributed by atoms with Gasteiger partial charge in [-0.05, 0) is 19.9 Å². The average molecular weight is 209 g/mol. The molecule has 1 atom stereocenters. The van der Waals surface area contributed by atoms with E-state index in [2.05, 4.69) is 23.7 Å². The van der Waals surface area contributed by atoms with Crippen molar-refractivity contribution in [1.82, 2.24) is 4.98 Å². The Morgan fingerprint density at radius 1 is 1.60 bits per heavy atom. The number of anilines is 2. The molecule has 0 aliphatic heterocycles. The van der Waals surface area contributed by atoms with Crippen LogP contribution in [0.2, 0.25) is 0 Å². The van der Waals surface area contributed by atoms with Crippen LogP contribution in [0.3, 0.4) is 0 Å². The molecule has 1 aromatic rings. The zero-order valence-corrected chi connectivity index (χ0v) is 9.60. The van der Waals surface area contributed by atoms with Crippen LogP contribution in [-0.2, 0) is 4.74 Å². The smallest absolute Gasteiger partial charge is 0.0738 e. The highest BCUT2D eigenvalue weighted by molar-refractivity contribution is 5.66. The molecule has 0 radical (unpaired) electrons. The minimum Gasteiger partial charge on any atom is -0.396 e. The van der Waals surface area contributed by atoms with Crippen LogP contribution in [0.1, 0.15) is 13.8 Å². The number of nitrogens with two attached hydrogens (primary N) is 1. The fourth-order valence-electron chi connectivity index (χ4n) is 1.71. The van der Waals surface area contributed by atoms with Crippen molar-refractivity contribution in [1.29, 1.82) is 0 Å². The second kappa shape index (κ2) is 5.56. The third-order valence-corrected chi connectivity index (χ3v) is 2.42. The molecular formula is C11H19N3O. The van der Waals surface area contributed by atoms with Crippen LogP contribution in [0, 0.1) is 0 Å². The molecule has 84 valence electrons. The van der Waals surface area contributed by atoms with Gasteiger partial charge in [-0.1, -0.05) is 0 Å². The van der Waals surface area contributed by atoms with Gasteiger partial charge in [0.25, 0.3) is 0 Å². The van der Waals surface area contributed by atoms with E-state index in [1.807, 2.05) is 6.07 Å². The number of methoxy groups -OCH3 is 1. The standard InChI is InChI=1S/C11H19N3O/c1-4-14(9(2)8-15-3)11-5-6-13-7-10(11)12/h5-7,9H,4,8,12H2,1-3H3. The van der Waals surface area contributed by atoms with Crippen molar-refractivity contribution >= 4 is 11.4 Å². The molecule has 0 aliphatic carbocycles. The molecule has 0 saturated carbocycles. The molecule has 1 rings (SSSR count). The fraction of sp³-hybridized carbons (Fsp3) is 0.545. The zero-order chi connectivity index (χ0) is 11.3. The molecule has 0 bridgehead atoms. The highest BCUT2D eigenvalue weighted by atomic mass is 16.5. The Bertz CT molecular complexity index is 304. The lowest BCUT2D eigenvalue weighted by atomic mass is 10.2. The first kappa shape index (κ1) is 11.8. The van der Waals surface area contributed by atoms with E-state index in [1.54, 1.807) is 19.5 Å². The lowest BCUT2D eigenvalue weighted by Gasteiger charge is -2.30. The SMILES string of the molecule is CCN(c1ccncc1N)C(C)COC. The summed E-state index contributed by atoms with van der Waals surface area (Å²) < 4.78 is 5.15. The Hall–Kier alpha value is -1.29. The van der Waals surface area contributed by atoms with Gasteiger partial charge in [0, 0.05) is 25.9 Å². The van der Waals surface area contributed by atoms with Crippen molar-refractivity contribution in [3.63, 3.8) is 0 Å². The van der Waals surface area contributed by atoms with Gasteiger partial charge in [-0.25, -0.2) is 0 Å². The first-order valence-electron chi connectivity index (χ1n) is 5.15. The van der Waals surface area contributed by atoms with Crippen LogP contribution in [0.25, 0.3) is 0 Å². The molecule has 4 nitrogen and oxygen atoms in total. The van der Waals surface area contributed by atoms with E-state index in [4.69, 9.17) is 10.5 Å². The fourth-order valence-corrected chi connectivity index (χ4v) is 1.71. The van der Waals surface area contributed by atoms with Crippen LogP contribution < -0.4 is 10.6 Å². The highest BCUT2D eigenvalue weighted by Gasteiger charge is 2.14. The van der Waals surface area contributed by atoms with Gasteiger partial charge in [0.15, 0.2) is 0 Å². The molecule has 0 aromatic carbocycles. The number of hydrogen-bond donors (Lipinski definition) is 1. The molecule has 4 heteroatoms. The van der Waals surface area contributed by atoms with E-state index in [0.29, 0.717) is 18.3 Å². The number of ether oxygens (including phenoxy) is 1. The Labute approximate surface area is 91.1 Å². The van der Waals surface area contributed by atoms with Gasteiger partial charge in [-0.2, -0.15) is 0 Å². The summed E-state index contributed by atoms with van der Waals surface area (Å²) in [5.41, 5.74) is 7.62. The predicted octanol–water partition coefficient (Wildman–Crippen LogP) is 1.52. The zero-order valence-electron chi connectivity index (χ0n) is 9.60. The maximum Gasteiger partial charge on any atom is 0.0738 e. The number of likely N-dealkylation sites (N-methyl/N-ethyl adjacent to an activating group) is 1. The van der Waals surface area contributed by atoms with Gasteiger partial charge in [-0.3, -0.25) is 4.98 Å². The van der Waals surface area contributed by atoms with Crippen LogP contribution in [0.5, 0.6) is 0 Å². The van der Waals surface area contributed by atoms with E-state index in [9.17, 15) is 0 Å². The summed E-state index contributed by atoms with van der Waals surface area (Å²) in [5, 5.41) is 0. The molecule has 15 heavy (non-hydrogen) atoms. The summed E-state index contributed by atoms with van der Waals surface area (Å²) in [6.07, 6.45) is 3.44. The van der Waals surface area contributed by atoms with Crippen molar-refractivity contribution in [2.45, 2.75) is 19.9 Å². The van der Waals surface area contributed by atoms with Crippen molar-refractivity contribution < 1.29 is 4.74 Å². The maximum absolute atomic E-state index is 5.89. The minimum atomic E-state index is 0.310. The molecule has 0 aliphatic rings. The first-order valence-corrected chi connectivity index (χ1v) is 5.15. The Kier molecular flexibility index (Phi) is 4.37. The predicted molar refractivity (Wildman–Crippen MR) is 63.0 cm³/mol. The van der Waals surface area contributed by atoms with Crippen LogP contribution in [-0.4, -0.2) is 31.3 Å². The molecule has 1 aromatic heterocycles. The number of nitrogen functional groups attached to an aromatic ring is 1. The summed E-state index contributed by atoms with van der Waals surface area (Å²) in [7, 11) is 1.71. The van der Waals surface area contributed by atoms with Gasteiger partial charge >= 0.3 is 0 Å². The topological polar surface area (TPSA) is 51.4 Å². The summed E-state index contributed by atoms with van der Waals surface area (Å²) in [6.45, 7) is 5.81. The van der Waals surface area contributed by atoms with Gasteiger partial charge in [0.05, 0.1) is 24.2 Å². The third-order valence-electron chi connectivity index (χ3n) is 2.42. The number of hydrogen-bond acceptors (Lipinski definition) is 4. The molecule has 1 heterocycles. The second-order valence-electron chi connectivity index (χ2n) is 3.52. The molecule has 0 fully saturated rings. The summed E-state index contributed by atoms with van der Waals surface area (Å²) >= 11 is 0. The quantitative estimate of drug-likeness (QED) is 0.799. The van der Waals surface area contributed by atoms with E-state index in [-0.39, 0.29) is 0 Å². The summed E-state index contributed by atoms with van der Waals surface area (Å²) in [6, 6.07) is 2.25. The molecule has 0 amide bonds.